The Kier molecular flexibility index (Phi) is 42.5. The average Bonchev–Trinajstić information content (AvgIpc) is 1.61. The summed E-state index contributed by atoms with van der Waals surface area (Å²) in [6.45, 7) is 4.12. The van der Waals surface area contributed by atoms with Crippen molar-refractivity contribution in [3.63, 3.8) is 0 Å². The van der Waals surface area contributed by atoms with E-state index in [2.05, 4.69) is 69.1 Å². The molecule has 4 saturated heterocycles. The highest BCUT2D eigenvalue weighted by atomic mass is 32.2. The normalized spacial score (nSPS) is 18.4. The molecule has 4 aliphatic rings. The van der Waals surface area contributed by atoms with Crippen molar-refractivity contribution in [1.29, 1.82) is 5.41 Å². The molecule has 8 rings (SSSR count). The number of rotatable bonds is 57. The molecule has 0 bridgehead atoms. The quantitative estimate of drug-likeness (QED) is 0.00738. The number of sulfone groups is 2. The number of ketones is 1. The molecule has 17 amide bonds. The summed E-state index contributed by atoms with van der Waals surface area (Å²) in [5.74, 6) is -14.3. The van der Waals surface area contributed by atoms with Crippen LogP contribution in [0.15, 0.2) is 115 Å². The van der Waals surface area contributed by atoms with Crippen molar-refractivity contribution in [2.24, 2.45) is 34.6 Å². The smallest absolute Gasteiger partial charge is 0.315 e. The molecule has 24 N–H and O–H groups in total. The lowest BCUT2D eigenvalue weighted by Gasteiger charge is -2.32. The van der Waals surface area contributed by atoms with Gasteiger partial charge in [-0.05, 0) is 138 Å². The van der Waals surface area contributed by atoms with Crippen LogP contribution in [0.2, 0.25) is 0 Å². The molecule has 44 heteroatoms. The van der Waals surface area contributed by atoms with Gasteiger partial charge in [-0.25, -0.2) is 21.6 Å². The van der Waals surface area contributed by atoms with E-state index in [1.54, 1.807) is 117 Å². The SMILES string of the molecule is CC(C)C[C@H](NC(=O)[C@H](Cc1ccc(C(=O)c2ccccc2)cc1)NC(=O)[C@H](Cc1ccccc1)NC(=O)[C@H](Cc1ccccc1)NC(=O)[C@H](CCC(N)=O)NC(=O)[C@H](CCC(N)=O)NC(=O)[C@@H]1CCCN1C(=O)[C@H](CCCCN)NC(=O)[C@@H]1CCCN1C(=O)[C@H](CCCNC(=N)N)NC(=O)CCCCNC(=O)CCCC[C@H]1[C@H]2NC(=O)N[C@H]2CS1(=O)=O)C(=O)N[C@@H](CCS(C)(=O)=O)C(N)=O. The molecule has 4 aromatic rings. The molecule has 742 valence electrons. The zero-order chi connectivity index (χ0) is 99.3. The highest BCUT2D eigenvalue weighted by Crippen LogP contribution is 2.30. The largest absolute Gasteiger partial charge is 0.370 e. The first-order chi connectivity index (χ1) is 64.7. The number of nitrogens with one attached hydrogen (secondary N) is 14. The number of urea groups is 1. The Labute approximate surface area is 790 Å². The maximum Gasteiger partial charge on any atom is 0.315 e. The van der Waals surface area contributed by atoms with Crippen molar-refractivity contribution in [3.8, 4) is 0 Å². The highest BCUT2D eigenvalue weighted by Gasteiger charge is 2.52. The minimum atomic E-state index is -3.65. The van der Waals surface area contributed by atoms with Gasteiger partial charge in [-0.15, -0.1) is 0 Å². The van der Waals surface area contributed by atoms with Gasteiger partial charge in [0.1, 0.15) is 76.3 Å². The number of carbonyl (C=O) groups is 17. The van der Waals surface area contributed by atoms with E-state index < -0.39 is 230 Å². The summed E-state index contributed by atoms with van der Waals surface area (Å²) in [4.78, 5) is 241. The Balaban J connectivity index is 0.961. The lowest BCUT2D eigenvalue weighted by atomic mass is 9.97. The fourth-order valence-corrected chi connectivity index (χ4v) is 19.8. The number of hydrogen-bond acceptors (Lipinski definition) is 23. The van der Waals surface area contributed by atoms with E-state index in [9.17, 15) is 74.4 Å². The molecule has 136 heavy (non-hydrogen) atoms. The van der Waals surface area contributed by atoms with Gasteiger partial charge < -0.3 is 108 Å². The summed E-state index contributed by atoms with van der Waals surface area (Å²) in [5.41, 5.74) is 30.4. The second kappa shape index (κ2) is 53.3. The van der Waals surface area contributed by atoms with Crippen molar-refractivity contribution < 1.29 is 98.3 Å². The Morgan fingerprint density at radius 3 is 1.40 bits per heavy atom. The van der Waals surface area contributed by atoms with Gasteiger partial charge in [0.05, 0.1) is 28.8 Å². The lowest BCUT2D eigenvalue weighted by Crippen LogP contribution is -2.61. The van der Waals surface area contributed by atoms with E-state index in [4.69, 9.17) is 34.1 Å². The number of guanidine groups is 1. The van der Waals surface area contributed by atoms with Gasteiger partial charge in [0, 0.05) is 88.5 Å². The van der Waals surface area contributed by atoms with E-state index in [0.29, 0.717) is 67.2 Å². The number of carbonyl (C=O) groups excluding carboxylic acids is 17. The molecule has 4 heterocycles. The number of unbranched alkanes of at least 4 members (excludes halogenated alkanes) is 3. The zero-order valence-electron chi connectivity index (χ0n) is 76.9. The Bertz CT molecular complexity index is 5100. The first kappa shape index (κ1) is 108. The third-order valence-corrected chi connectivity index (χ3v) is 27.3. The molecular formula is C92H131N21O21S2. The van der Waals surface area contributed by atoms with E-state index in [1.807, 2.05) is 0 Å². The summed E-state index contributed by atoms with van der Waals surface area (Å²) in [7, 11) is -7.08. The van der Waals surface area contributed by atoms with Crippen LogP contribution in [0.5, 0.6) is 0 Å². The van der Waals surface area contributed by atoms with E-state index in [1.165, 1.54) is 21.9 Å². The zero-order valence-corrected chi connectivity index (χ0v) is 78.6. The summed E-state index contributed by atoms with van der Waals surface area (Å²) in [6.07, 6.45) is 1.18. The highest BCUT2D eigenvalue weighted by molar-refractivity contribution is 7.92. The van der Waals surface area contributed by atoms with Crippen LogP contribution in [0, 0.1) is 11.3 Å². The van der Waals surface area contributed by atoms with Crippen molar-refractivity contribution in [3.05, 3.63) is 143 Å². The van der Waals surface area contributed by atoms with Crippen molar-refractivity contribution in [2.75, 3.05) is 50.5 Å². The topological polar surface area (TPSA) is 675 Å². The fourth-order valence-electron chi connectivity index (χ4n) is 16.9. The van der Waals surface area contributed by atoms with Gasteiger partial charge >= 0.3 is 6.03 Å². The van der Waals surface area contributed by atoms with Crippen LogP contribution in [0.3, 0.4) is 0 Å². The first-order valence-corrected chi connectivity index (χ1v) is 49.9. The second-order valence-corrected chi connectivity index (χ2v) is 39.9. The Morgan fingerprint density at radius 2 is 0.897 bits per heavy atom. The van der Waals surface area contributed by atoms with Crippen LogP contribution in [-0.4, -0.2) is 267 Å². The maximum atomic E-state index is 15.3. The van der Waals surface area contributed by atoms with Crippen LogP contribution < -0.4 is 97.8 Å². The predicted molar refractivity (Wildman–Crippen MR) is 501 cm³/mol. The molecule has 0 aliphatic carbocycles. The minimum absolute atomic E-state index is 0.0120. The van der Waals surface area contributed by atoms with E-state index in [0.717, 1.165) is 6.26 Å². The van der Waals surface area contributed by atoms with Gasteiger partial charge in [0.2, 0.25) is 88.6 Å². The van der Waals surface area contributed by atoms with Gasteiger partial charge in [0.15, 0.2) is 21.6 Å². The predicted octanol–water partition coefficient (Wildman–Crippen LogP) is -2.13. The molecule has 42 nitrogen and oxygen atoms in total. The summed E-state index contributed by atoms with van der Waals surface area (Å²) < 4.78 is 49.8. The molecule has 0 aromatic heterocycles. The molecule has 0 spiro atoms. The monoisotopic (exact) mass is 1930 g/mol. The van der Waals surface area contributed by atoms with Crippen LogP contribution in [-0.2, 0) is 111 Å². The van der Waals surface area contributed by atoms with Crippen LogP contribution in [0.1, 0.15) is 188 Å². The number of fused-ring (bicyclic) bond motifs is 1. The molecular weight excluding hydrogens is 1800 g/mol. The molecule has 4 aromatic carbocycles. The molecule has 0 saturated carbocycles. The van der Waals surface area contributed by atoms with Crippen molar-refractivity contribution >= 4 is 126 Å². The third kappa shape index (κ3) is 35.0. The first-order valence-electron chi connectivity index (χ1n) is 46.1. The molecule has 14 atom stereocenters. The van der Waals surface area contributed by atoms with Crippen molar-refractivity contribution in [1.82, 2.24) is 78.9 Å². The Hall–Kier alpha value is -13.0. The van der Waals surface area contributed by atoms with E-state index in [-0.39, 0.29) is 151 Å². The molecule has 0 unspecified atom stereocenters. The number of nitrogens with zero attached hydrogens (tertiary/aromatic N) is 2. The summed E-state index contributed by atoms with van der Waals surface area (Å²) in [6, 6.07) is 13.5. The number of nitrogens with two attached hydrogens (primary N) is 5. The number of likely N-dealkylation sites (tertiary alicyclic amines) is 2. The second-order valence-electron chi connectivity index (χ2n) is 35.4. The summed E-state index contributed by atoms with van der Waals surface area (Å²) in [5, 5.41) is 41.8. The lowest BCUT2D eigenvalue weighted by molar-refractivity contribution is -0.144. The third-order valence-electron chi connectivity index (χ3n) is 24.0. The molecule has 0 radical (unpaired) electrons. The van der Waals surface area contributed by atoms with Gasteiger partial charge in [0.25, 0.3) is 0 Å². The van der Waals surface area contributed by atoms with Gasteiger partial charge in [-0.2, -0.15) is 0 Å². The van der Waals surface area contributed by atoms with Crippen LogP contribution in [0.25, 0.3) is 0 Å². The van der Waals surface area contributed by atoms with Crippen LogP contribution >= 0.6 is 0 Å². The van der Waals surface area contributed by atoms with E-state index >= 15 is 24.0 Å². The number of amides is 17. The Morgan fingerprint density at radius 1 is 0.463 bits per heavy atom. The summed E-state index contributed by atoms with van der Waals surface area (Å²) >= 11 is 0. The number of hydrogen-bond donors (Lipinski definition) is 19. The van der Waals surface area contributed by atoms with Gasteiger partial charge in [-0.1, -0.05) is 136 Å². The molecule has 4 fully saturated rings. The minimum Gasteiger partial charge on any atom is -0.370 e. The van der Waals surface area contributed by atoms with Crippen molar-refractivity contribution in [2.45, 2.75) is 258 Å². The molecule has 4 aliphatic heterocycles. The standard InChI is InChI=1S/C92H131N21O21S2/c1-55(2)50-66(83(122)102-61(80(96)119)43-49-135(3,131)132)106-84(123)69(53-58-35-37-60(38-36-58)79(118)59-26-11-6-12-27-59)109-86(125)68(52-57-24-9-5-10-25-57)108-85(124)67(51-56-22-7-4-8-23-56)107-82(121)62(39-41-74(94)114)103-81(120)63(40-42-75(95)115)104-87(126)71-30-20-48-113(71)90(129)65(28-15-17-44-93)105-88(127)72-31-21-47-112(72)89(128)64(29-19-46-100-91(97)98)101-77(117)34-16-18-45-99-76(116)33-14-13-32-73-78-70(54-136(73,133)134)110-92(130)111-78/h4-12,22-27,35-38,55,61-73,78H,13-21,28-34,39-54,93H2,1-3H3,(H2,94,114)(H2,95,115)(H2,96,119)(H,99,116)(H,101,117)(H,102,122)(H,103,120)(H,104,126)(H,105,127)(H,106,123)(H,107,121)(H,108,124)(H,109,125)(H4,97,98,100)(H2,110,111,130)/t61-,62-,63-,64-,65-,66-,67-,68-,69-,70-,71-,72-,73-,78-/m0/s1. The average molecular weight is 1930 g/mol. The van der Waals surface area contributed by atoms with Crippen LogP contribution in [0.4, 0.5) is 4.79 Å². The number of primary amides is 3. The maximum absolute atomic E-state index is 15.3. The number of benzene rings is 4. The van der Waals surface area contributed by atoms with Gasteiger partial charge in [-0.3, -0.25) is 82.1 Å². The fraction of sp³-hybridized carbons (Fsp3) is 0.543.